The predicted molar refractivity (Wildman–Crippen MR) is 248 cm³/mol. The van der Waals surface area contributed by atoms with E-state index in [2.05, 4.69) is 54.1 Å². The molecule has 1 aliphatic heterocycles. The minimum Gasteiger partial charge on any atom is -0.507 e. The zero-order valence-electron chi connectivity index (χ0n) is 38.8. The van der Waals surface area contributed by atoms with Crippen LogP contribution in [0.2, 0.25) is 0 Å². The standard InChI is InChI=1S/C46H70N12O8/c1-5-6-7-8-9-10-11-14-23-49-24-20-39(60)52-35(15-12-13-21-47)46(65)58(4)40-32-17-19-38(66-25-22-48)34(28-32)33-26-31(16-18-37(33)59)27-36(53-43(62)30(3)51-45(40)64)44(63)50-29(2)41(61)42-54-56-57-55-42/h16-19,26,28-30,35-36,40,49,59H,5-15,20-25,27,47-48H2,1-4H3,(H,50,63)(H,51,64)(H,52,60)(H,53,62)(H,54,55,56,57). The zero-order valence-corrected chi connectivity index (χ0v) is 38.8. The van der Waals surface area contributed by atoms with Gasteiger partial charge in [-0.3, -0.25) is 28.8 Å². The van der Waals surface area contributed by atoms with Gasteiger partial charge in [-0.2, -0.15) is 5.21 Å². The molecule has 1 aliphatic rings. The number of phenolic OH excluding ortho intramolecular Hbond substituents is 1. The summed E-state index contributed by atoms with van der Waals surface area (Å²) in [7, 11) is 1.45. The van der Waals surface area contributed by atoms with Crippen LogP contribution in [-0.4, -0.2) is 130 Å². The highest BCUT2D eigenvalue weighted by Crippen LogP contribution is 2.39. The van der Waals surface area contributed by atoms with Crippen LogP contribution < -0.4 is 42.8 Å². The number of aromatic amines is 1. The predicted octanol–water partition coefficient (Wildman–Crippen LogP) is 2.08. The number of hydrogen-bond acceptors (Lipinski definition) is 14. The fraction of sp³-hybridized carbons (Fsp3) is 0.587. The first-order valence-electron chi connectivity index (χ1n) is 23.2. The Hall–Kier alpha value is -5.99. The average molecular weight is 919 g/mol. The first-order chi connectivity index (χ1) is 31.8. The van der Waals surface area contributed by atoms with Gasteiger partial charge in [0.15, 0.2) is 0 Å². The van der Waals surface area contributed by atoms with Gasteiger partial charge in [0.2, 0.25) is 41.1 Å². The molecule has 0 radical (unpaired) electrons. The normalized spacial score (nSPS) is 17.1. The summed E-state index contributed by atoms with van der Waals surface area (Å²) in [6.45, 7) is 6.96. The van der Waals surface area contributed by atoms with E-state index in [0.717, 1.165) is 19.4 Å². The number of tetrazole rings is 1. The highest BCUT2D eigenvalue weighted by Gasteiger charge is 2.36. The Bertz CT molecular complexity index is 2050. The number of nitrogens with zero attached hydrogens (tertiary/aromatic N) is 4. The van der Waals surface area contributed by atoms with Crippen molar-refractivity contribution in [1.82, 2.24) is 52.1 Å². The van der Waals surface area contributed by atoms with Gasteiger partial charge >= 0.3 is 0 Å². The maximum absolute atomic E-state index is 14.6. The van der Waals surface area contributed by atoms with E-state index in [4.69, 9.17) is 16.2 Å². The quantitative estimate of drug-likeness (QED) is 0.0412. The molecule has 5 unspecified atom stereocenters. The van der Waals surface area contributed by atoms with Gasteiger partial charge in [-0.05, 0) is 93.2 Å². The Morgan fingerprint density at radius 1 is 0.894 bits per heavy atom. The lowest BCUT2D eigenvalue weighted by molar-refractivity contribution is -0.143. The van der Waals surface area contributed by atoms with Gasteiger partial charge in [0.25, 0.3) is 0 Å². The van der Waals surface area contributed by atoms with E-state index in [1.54, 1.807) is 30.3 Å². The number of unbranched alkanes of at least 4 members (excludes halogenated alkanes) is 8. The topological polar surface area (TPSA) is 302 Å². The summed E-state index contributed by atoms with van der Waals surface area (Å²) in [6.07, 6.45) is 11.0. The minimum absolute atomic E-state index is 0.0975. The number of benzene rings is 2. The van der Waals surface area contributed by atoms with Crippen LogP contribution in [0.25, 0.3) is 11.1 Å². The number of ketones is 1. The molecule has 0 aliphatic carbocycles. The van der Waals surface area contributed by atoms with Crippen LogP contribution in [0, 0.1) is 0 Å². The van der Waals surface area contributed by atoms with E-state index in [1.807, 2.05) is 0 Å². The van der Waals surface area contributed by atoms with Gasteiger partial charge in [-0.1, -0.05) is 64.0 Å². The summed E-state index contributed by atoms with van der Waals surface area (Å²) >= 11 is 0. The van der Waals surface area contributed by atoms with Crippen molar-refractivity contribution < 1.29 is 38.6 Å². The third-order valence-electron chi connectivity index (χ3n) is 11.5. The third-order valence-corrected chi connectivity index (χ3v) is 11.5. The molecular weight excluding hydrogens is 849 g/mol. The molecule has 20 heteroatoms. The van der Waals surface area contributed by atoms with Crippen LogP contribution in [0.4, 0.5) is 0 Å². The molecule has 4 bridgehead atoms. The number of nitrogens with two attached hydrogens (primary N) is 2. The first-order valence-corrected chi connectivity index (χ1v) is 23.2. The number of ether oxygens (including phenoxy) is 1. The van der Waals surface area contributed by atoms with Crippen molar-refractivity contribution in [3.05, 3.63) is 53.3 Å². The van der Waals surface area contributed by atoms with E-state index in [-0.39, 0.29) is 55.5 Å². The van der Waals surface area contributed by atoms with Crippen molar-refractivity contribution in [2.45, 2.75) is 134 Å². The number of nitrogens with one attached hydrogen (secondary N) is 6. The Balaban J connectivity index is 1.62. The van der Waals surface area contributed by atoms with Crippen molar-refractivity contribution in [2.24, 2.45) is 11.5 Å². The van der Waals surface area contributed by atoms with E-state index < -0.39 is 59.6 Å². The fourth-order valence-electron chi connectivity index (χ4n) is 7.74. The summed E-state index contributed by atoms with van der Waals surface area (Å²) < 4.78 is 6.01. The third kappa shape index (κ3) is 15.9. The zero-order chi connectivity index (χ0) is 48.0. The maximum atomic E-state index is 14.6. The number of phenols is 1. The monoisotopic (exact) mass is 919 g/mol. The van der Waals surface area contributed by atoms with E-state index in [1.165, 1.54) is 70.4 Å². The molecule has 4 rings (SSSR count). The highest BCUT2D eigenvalue weighted by atomic mass is 16.5. The lowest BCUT2D eigenvalue weighted by atomic mass is 9.93. The molecule has 0 saturated heterocycles. The molecule has 362 valence electrons. The van der Waals surface area contributed by atoms with Crippen molar-refractivity contribution in [2.75, 3.05) is 39.8 Å². The van der Waals surface area contributed by atoms with Crippen molar-refractivity contribution >= 4 is 35.3 Å². The second-order valence-electron chi connectivity index (χ2n) is 16.8. The molecule has 5 atom stereocenters. The Morgan fingerprint density at radius 2 is 1.64 bits per heavy atom. The van der Waals surface area contributed by atoms with Crippen LogP contribution >= 0.6 is 0 Å². The number of H-pyrrole nitrogens is 1. The lowest BCUT2D eigenvalue weighted by Crippen LogP contribution is -2.57. The highest BCUT2D eigenvalue weighted by molar-refractivity contribution is 6.00. The summed E-state index contributed by atoms with van der Waals surface area (Å²) in [5, 5.41) is 38.5. The molecule has 20 nitrogen and oxygen atoms in total. The molecule has 3 aromatic rings. The van der Waals surface area contributed by atoms with Gasteiger partial charge < -0.3 is 52.8 Å². The van der Waals surface area contributed by atoms with Gasteiger partial charge in [0.05, 0.1) is 6.04 Å². The SMILES string of the molecule is CCCCCCCCCCNCCC(=O)NC(CCCCN)C(=O)N(C)C1C(=O)NC(C)C(=O)NC(C(=O)NC(C)C(=O)c2nn[nH]n2)Cc2ccc(O)c(c2)-c2cc1ccc2OCCN. The van der Waals surface area contributed by atoms with Gasteiger partial charge in [-0.15, -0.1) is 10.2 Å². The number of hydrogen-bond donors (Lipinski definition) is 9. The van der Waals surface area contributed by atoms with Crippen LogP contribution in [0.15, 0.2) is 36.4 Å². The molecule has 0 saturated carbocycles. The van der Waals surface area contributed by atoms with Crippen LogP contribution in [-0.2, 0) is 30.4 Å². The molecule has 0 fully saturated rings. The number of aromatic nitrogens is 4. The molecule has 0 spiro atoms. The second kappa shape index (κ2) is 27.5. The molecule has 2 aromatic carbocycles. The summed E-state index contributed by atoms with van der Waals surface area (Å²) in [5.74, 6) is -3.83. The number of Topliss-reactive ketones (excluding diaryl/α,β-unsaturated/α-hetero) is 1. The van der Waals surface area contributed by atoms with E-state index in [9.17, 15) is 33.9 Å². The van der Waals surface area contributed by atoms with Crippen molar-refractivity contribution in [1.29, 1.82) is 0 Å². The molecular formula is C46H70N12O8. The van der Waals surface area contributed by atoms with Crippen molar-refractivity contribution in [3.63, 3.8) is 0 Å². The van der Waals surface area contributed by atoms with Crippen LogP contribution in [0.1, 0.15) is 126 Å². The lowest BCUT2D eigenvalue weighted by Gasteiger charge is -2.32. The molecule has 66 heavy (non-hydrogen) atoms. The maximum Gasteiger partial charge on any atom is 0.248 e. The van der Waals surface area contributed by atoms with Crippen LogP contribution in [0.3, 0.4) is 0 Å². The Morgan fingerprint density at radius 3 is 2.33 bits per heavy atom. The molecule has 11 N–H and O–H groups in total. The summed E-state index contributed by atoms with van der Waals surface area (Å²) in [5.41, 5.74) is 13.0. The van der Waals surface area contributed by atoms with E-state index in [0.29, 0.717) is 48.4 Å². The molecule has 2 heterocycles. The number of fused-ring (bicyclic) bond motifs is 5. The van der Waals surface area contributed by atoms with Gasteiger partial charge in [0, 0.05) is 44.1 Å². The molecule has 5 amide bonds. The largest absolute Gasteiger partial charge is 0.507 e. The van der Waals surface area contributed by atoms with Crippen LogP contribution in [0.5, 0.6) is 11.5 Å². The number of likely N-dealkylation sites (N-methyl/N-ethyl adjacent to an activating group) is 1. The first kappa shape index (κ1) is 52.6. The Labute approximate surface area is 386 Å². The minimum atomic E-state index is -1.37. The van der Waals surface area contributed by atoms with E-state index >= 15 is 0 Å². The number of carbonyl (C=O) groups excluding carboxylic acids is 6. The van der Waals surface area contributed by atoms with Gasteiger partial charge in [0.1, 0.15) is 42.3 Å². The van der Waals surface area contributed by atoms with Crippen molar-refractivity contribution in [3.8, 4) is 22.6 Å². The summed E-state index contributed by atoms with van der Waals surface area (Å²) in [6, 6.07) is 3.45. The molecule has 1 aromatic heterocycles. The number of carbonyl (C=O) groups is 6. The average Bonchev–Trinajstić information content (AvgIpc) is 3.85. The Kier molecular flexibility index (Phi) is 21.9. The number of amides is 5. The smallest absolute Gasteiger partial charge is 0.248 e. The number of aromatic hydroxyl groups is 1. The summed E-state index contributed by atoms with van der Waals surface area (Å²) in [4.78, 5) is 84.3. The second-order valence-corrected chi connectivity index (χ2v) is 16.8. The fourth-order valence-corrected chi connectivity index (χ4v) is 7.74. The number of rotatable bonds is 26. The van der Waals surface area contributed by atoms with Gasteiger partial charge in [-0.25, -0.2) is 0 Å².